The molecule has 0 aliphatic heterocycles. The molecule has 1 aromatic rings. The fraction of sp³-hybridized carbons (Fsp3) is 0.182. The van der Waals surface area contributed by atoms with E-state index in [4.69, 9.17) is 22.4 Å². The first-order valence-corrected chi connectivity index (χ1v) is 4.70. The molecule has 0 aliphatic rings. The van der Waals surface area contributed by atoms with E-state index < -0.39 is 5.97 Å². The third kappa shape index (κ3) is 3.62. The van der Waals surface area contributed by atoms with Gasteiger partial charge in [0.05, 0.1) is 13.0 Å². The van der Waals surface area contributed by atoms with Crippen LogP contribution in [0.3, 0.4) is 0 Å². The van der Waals surface area contributed by atoms with E-state index in [1.165, 1.54) is 0 Å². The van der Waals surface area contributed by atoms with Crippen molar-refractivity contribution in [2.75, 3.05) is 6.54 Å². The molecular weight excluding hydrogens is 214 g/mol. The van der Waals surface area contributed by atoms with Crippen molar-refractivity contribution in [3.05, 3.63) is 34.3 Å². The van der Waals surface area contributed by atoms with Gasteiger partial charge in [0.15, 0.2) is 0 Å². The van der Waals surface area contributed by atoms with E-state index in [1.807, 2.05) is 0 Å². The lowest BCUT2D eigenvalue weighted by molar-refractivity contribution is -0.136. The quantitative estimate of drug-likeness (QED) is 0.743. The predicted molar refractivity (Wildman–Crippen MR) is 58.7 cm³/mol. The molecule has 3 nitrogen and oxygen atoms in total. The molecule has 15 heavy (non-hydrogen) atoms. The van der Waals surface area contributed by atoms with E-state index in [0.717, 1.165) is 0 Å². The maximum Gasteiger partial charge on any atom is 0.307 e. The normalized spacial score (nSPS) is 9.20. The fourth-order valence-electron chi connectivity index (χ4n) is 1.13. The van der Waals surface area contributed by atoms with Crippen LogP contribution in [-0.4, -0.2) is 17.6 Å². The van der Waals surface area contributed by atoms with Crippen LogP contribution in [0, 0.1) is 11.8 Å². The van der Waals surface area contributed by atoms with Gasteiger partial charge >= 0.3 is 5.97 Å². The number of halogens is 1. The summed E-state index contributed by atoms with van der Waals surface area (Å²) in [7, 11) is 0. The fourth-order valence-corrected chi connectivity index (χ4v) is 1.30. The average molecular weight is 224 g/mol. The molecule has 4 heteroatoms. The highest BCUT2D eigenvalue weighted by atomic mass is 35.5. The number of carboxylic acids is 1. The molecule has 0 heterocycles. The van der Waals surface area contributed by atoms with Crippen LogP contribution in [0.25, 0.3) is 0 Å². The summed E-state index contributed by atoms with van der Waals surface area (Å²) in [5.74, 6) is 4.57. The summed E-state index contributed by atoms with van der Waals surface area (Å²) in [5, 5.41) is 9.21. The van der Waals surface area contributed by atoms with Gasteiger partial charge in [-0.3, -0.25) is 4.79 Å². The van der Waals surface area contributed by atoms with E-state index in [1.54, 1.807) is 18.2 Å². The second-order valence-electron chi connectivity index (χ2n) is 2.88. The SMILES string of the molecule is NCC#Cc1cc(Cl)ccc1CC(=O)O. The van der Waals surface area contributed by atoms with Gasteiger partial charge in [-0.05, 0) is 17.7 Å². The number of nitrogens with two attached hydrogens (primary N) is 1. The van der Waals surface area contributed by atoms with Gasteiger partial charge in [-0.15, -0.1) is 0 Å². The first-order chi connectivity index (χ1) is 7.13. The van der Waals surface area contributed by atoms with Gasteiger partial charge in [-0.1, -0.05) is 29.5 Å². The number of rotatable bonds is 2. The lowest BCUT2D eigenvalue weighted by Gasteiger charge is -2.01. The zero-order valence-electron chi connectivity index (χ0n) is 7.96. The number of hydrogen-bond acceptors (Lipinski definition) is 2. The number of aliphatic carboxylic acids is 1. The molecular formula is C11H10ClNO2. The zero-order valence-corrected chi connectivity index (χ0v) is 8.71. The lowest BCUT2D eigenvalue weighted by Crippen LogP contribution is -2.02. The summed E-state index contributed by atoms with van der Waals surface area (Å²) in [5.41, 5.74) is 6.51. The van der Waals surface area contributed by atoms with E-state index >= 15 is 0 Å². The molecule has 0 amide bonds. The summed E-state index contributed by atoms with van der Waals surface area (Å²) >= 11 is 5.79. The van der Waals surface area contributed by atoms with Crippen LogP contribution in [0.1, 0.15) is 11.1 Å². The average Bonchev–Trinajstić information content (AvgIpc) is 2.18. The molecule has 0 unspecified atom stereocenters. The van der Waals surface area contributed by atoms with Gasteiger partial charge in [0.2, 0.25) is 0 Å². The molecule has 3 N–H and O–H groups in total. The molecule has 1 aromatic carbocycles. The van der Waals surface area contributed by atoms with Gasteiger partial charge < -0.3 is 10.8 Å². The van der Waals surface area contributed by atoms with Crippen LogP contribution < -0.4 is 5.73 Å². The van der Waals surface area contributed by atoms with Crippen LogP contribution in [0.5, 0.6) is 0 Å². The van der Waals surface area contributed by atoms with E-state index in [2.05, 4.69) is 11.8 Å². The molecule has 0 saturated carbocycles. The maximum atomic E-state index is 10.6. The molecule has 0 bridgehead atoms. The van der Waals surface area contributed by atoms with Gasteiger partial charge in [0.25, 0.3) is 0 Å². The second kappa shape index (κ2) is 5.40. The molecule has 78 valence electrons. The maximum absolute atomic E-state index is 10.6. The third-order valence-corrected chi connectivity index (χ3v) is 1.97. The Morgan fingerprint density at radius 3 is 2.87 bits per heavy atom. The second-order valence-corrected chi connectivity index (χ2v) is 3.31. The Morgan fingerprint density at radius 2 is 2.27 bits per heavy atom. The summed E-state index contributed by atoms with van der Waals surface area (Å²) in [6, 6.07) is 4.95. The minimum atomic E-state index is -0.895. The molecule has 0 fully saturated rings. The Hall–Kier alpha value is -1.50. The molecule has 0 spiro atoms. The molecule has 1 rings (SSSR count). The van der Waals surface area contributed by atoms with Crippen molar-refractivity contribution in [2.45, 2.75) is 6.42 Å². The Bertz CT molecular complexity index is 432. The summed E-state index contributed by atoms with van der Waals surface area (Å²) < 4.78 is 0. The summed E-state index contributed by atoms with van der Waals surface area (Å²) in [6.07, 6.45) is -0.0637. The number of carboxylic acid groups (broad SMARTS) is 1. The zero-order chi connectivity index (χ0) is 11.3. The lowest BCUT2D eigenvalue weighted by atomic mass is 10.1. The third-order valence-electron chi connectivity index (χ3n) is 1.74. The van der Waals surface area contributed by atoms with Gasteiger partial charge in [0.1, 0.15) is 0 Å². The minimum absolute atomic E-state index is 0.0637. The molecule has 0 saturated heterocycles. The standard InChI is InChI=1S/C11H10ClNO2/c12-10-4-3-9(7-11(14)15)8(6-10)2-1-5-13/h3-4,6H,5,7,13H2,(H,14,15). The smallest absolute Gasteiger partial charge is 0.307 e. The minimum Gasteiger partial charge on any atom is -0.481 e. The number of hydrogen-bond donors (Lipinski definition) is 2. The molecule has 0 aliphatic carbocycles. The van der Waals surface area contributed by atoms with Crippen LogP contribution >= 0.6 is 11.6 Å². The number of benzene rings is 1. The Kier molecular flexibility index (Phi) is 4.17. The first-order valence-electron chi connectivity index (χ1n) is 4.32. The van der Waals surface area contributed by atoms with Crippen molar-refractivity contribution < 1.29 is 9.90 Å². The topological polar surface area (TPSA) is 63.3 Å². The van der Waals surface area contributed by atoms with E-state index in [0.29, 0.717) is 16.1 Å². The Morgan fingerprint density at radius 1 is 1.53 bits per heavy atom. The van der Waals surface area contributed by atoms with E-state index in [9.17, 15) is 4.79 Å². The highest BCUT2D eigenvalue weighted by Crippen LogP contribution is 2.15. The van der Waals surface area contributed by atoms with Crippen molar-refractivity contribution in [3.63, 3.8) is 0 Å². The molecule has 0 aromatic heterocycles. The van der Waals surface area contributed by atoms with Crippen LogP contribution in [0.2, 0.25) is 5.02 Å². The Balaban J connectivity index is 3.08. The Labute approximate surface area is 92.9 Å². The number of carbonyl (C=O) groups is 1. The van der Waals surface area contributed by atoms with Crippen molar-refractivity contribution >= 4 is 17.6 Å². The largest absolute Gasteiger partial charge is 0.481 e. The van der Waals surface area contributed by atoms with Crippen molar-refractivity contribution in [1.82, 2.24) is 0 Å². The molecule has 0 radical (unpaired) electrons. The summed E-state index contributed by atoms with van der Waals surface area (Å²) in [4.78, 5) is 10.6. The van der Waals surface area contributed by atoms with E-state index in [-0.39, 0.29) is 13.0 Å². The van der Waals surface area contributed by atoms with Crippen LogP contribution in [0.15, 0.2) is 18.2 Å². The van der Waals surface area contributed by atoms with Crippen LogP contribution in [0.4, 0.5) is 0 Å². The van der Waals surface area contributed by atoms with Crippen molar-refractivity contribution in [3.8, 4) is 11.8 Å². The van der Waals surface area contributed by atoms with Gasteiger partial charge in [0, 0.05) is 10.6 Å². The highest BCUT2D eigenvalue weighted by Gasteiger charge is 2.05. The van der Waals surface area contributed by atoms with Gasteiger partial charge in [-0.2, -0.15) is 0 Å². The van der Waals surface area contributed by atoms with Crippen molar-refractivity contribution in [2.24, 2.45) is 5.73 Å². The predicted octanol–water partition coefficient (Wildman–Crippen LogP) is 1.28. The van der Waals surface area contributed by atoms with Crippen molar-refractivity contribution in [1.29, 1.82) is 0 Å². The first kappa shape index (κ1) is 11.6. The molecule has 0 atom stereocenters. The van der Waals surface area contributed by atoms with Crippen LogP contribution in [-0.2, 0) is 11.2 Å². The highest BCUT2D eigenvalue weighted by molar-refractivity contribution is 6.30. The van der Waals surface area contributed by atoms with Gasteiger partial charge in [-0.25, -0.2) is 0 Å². The monoisotopic (exact) mass is 223 g/mol. The summed E-state index contributed by atoms with van der Waals surface area (Å²) in [6.45, 7) is 0.235.